The number of hydrogen-bond acceptors (Lipinski definition) is 5. The van der Waals surface area contributed by atoms with Crippen molar-refractivity contribution in [2.45, 2.75) is 83.9 Å². The van der Waals surface area contributed by atoms with Crippen molar-refractivity contribution in [3.05, 3.63) is 0 Å². The van der Waals surface area contributed by atoms with E-state index in [2.05, 4.69) is 47.7 Å². The van der Waals surface area contributed by atoms with Gasteiger partial charge < -0.3 is 23.7 Å². The molecule has 0 unspecified atom stereocenters. The van der Waals surface area contributed by atoms with Crippen LogP contribution in [-0.2, 0) is 18.6 Å². The molecule has 0 spiro atoms. The third-order valence-electron chi connectivity index (χ3n) is 5.79. The van der Waals surface area contributed by atoms with Gasteiger partial charge in [0.05, 0.1) is 18.8 Å². The lowest BCUT2D eigenvalue weighted by Gasteiger charge is -2.38. The van der Waals surface area contributed by atoms with Gasteiger partial charge in [-0.15, -0.1) is 0 Å². The number of methoxy groups -OCH3 is 1. The van der Waals surface area contributed by atoms with Gasteiger partial charge in [-0.3, -0.25) is 0 Å². The maximum atomic E-state index is 9.09. The quantitative estimate of drug-likeness (QED) is 0.319. The highest BCUT2D eigenvalue weighted by molar-refractivity contribution is 6.74. The Kier molecular flexibility index (Phi) is 9.05. The molecule has 5 nitrogen and oxygen atoms in total. The predicted octanol–water partition coefficient (Wildman–Crippen LogP) is 3.81. The monoisotopic (exact) mass is 376 g/mol. The molecule has 0 aromatic carbocycles. The largest absolute Gasteiger partial charge is 0.416 e. The van der Waals surface area contributed by atoms with E-state index in [0.29, 0.717) is 25.2 Å². The van der Waals surface area contributed by atoms with Gasteiger partial charge in [0, 0.05) is 19.6 Å². The number of hydrogen-bond donors (Lipinski definition) is 1. The van der Waals surface area contributed by atoms with E-state index in [9.17, 15) is 0 Å². The van der Waals surface area contributed by atoms with E-state index >= 15 is 0 Å². The Labute approximate surface area is 155 Å². The average Bonchev–Trinajstić information content (AvgIpc) is 3.29. The van der Waals surface area contributed by atoms with Crippen LogP contribution in [-0.4, -0.2) is 58.9 Å². The third-order valence-corrected chi connectivity index (χ3v) is 10.3. The Hall–Kier alpha value is 0.0169. The summed E-state index contributed by atoms with van der Waals surface area (Å²) in [5, 5.41) is 9.30. The van der Waals surface area contributed by atoms with Gasteiger partial charge in [-0.1, -0.05) is 34.6 Å². The molecule has 5 atom stereocenters. The Morgan fingerprint density at radius 2 is 1.76 bits per heavy atom. The van der Waals surface area contributed by atoms with Gasteiger partial charge in [0.2, 0.25) is 0 Å². The third kappa shape index (κ3) is 7.27. The first kappa shape index (κ1) is 23.1. The van der Waals surface area contributed by atoms with E-state index in [4.69, 9.17) is 23.7 Å². The topological polar surface area (TPSA) is 60.5 Å². The first-order chi connectivity index (χ1) is 11.5. The summed E-state index contributed by atoms with van der Waals surface area (Å²) in [5.41, 5.74) is 0. The van der Waals surface area contributed by atoms with Crippen LogP contribution >= 0.6 is 0 Å². The molecule has 1 heterocycles. The van der Waals surface area contributed by atoms with E-state index in [1.807, 2.05) is 0 Å². The Balaban J connectivity index is 2.54. The summed E-state index contributed by atoms with van der Waals surface area (Å²) in [6.45, 7) is 16.9. The van der Waals surface area contributed by atoms with Crippen LogP contribution in [0.25, 0.3) is 0 Å². The fourth-order valence-corrected chi connectivity index (χ4v) is 3.98. The fraction of sp³-hybridized carbons (Fsp3) is 1.00. The first-order valence-corrected chi connectivity index (χ1v) is 12.4. The molecule has 1 N–H and O–H groups in total. The van der Waals surface area contributed by atoms with Crippen LogP contribution < -0.4 is 0 Å². The van der Waals surface area contributed by atoms with E-state index in [1.165, 1.54) is 0 Å². The summed E-state index contributed by atoms with van der Waals surface area (Å²) in [4.78, 5) is 0. The lowest BCUT2D eigenvalue weighted by atomic mass is 9.89. The fourth-order valence-electron chi connectivity index (χ4n) is 2.87. The predicted molar refractivity (Wildman–Crippen MR) is 103 cm³/mol. The van der Waals surface area contributed by atoms with Crippen LogP contribution in [0.5, 0.6) is 0 Å². The molecule has 0 saturated carbocycles. The van der Waals surface area contributed by atoms with Crippen molar-refractivity contribution >= 4 is 8.32 Å². The van der Waals surface area contributed by atoms with Crippen molar-refractivity contribution in [3.8, 4) is 0 Å². The maximum Gasteiger partial charge on any atom is 0.191 e. The minimum absolute atomic E-state index is 0.0462. The van der Waals surface area contributed by atoms with Crippen LogP contribution in [0, 0.1) is 11.8 Å². The van der Waals surface area contributed by atoms with Gasteiger partial charge in [-0.25, -0.2) is 0 Å². The lowest BCUT2D eigenvalue weighted by molar-refractivity contribution is -0.114. The van der Waals surface area contributed by atoms with Crippen LogP contribution in [0.1, 0.15) is 47.5 Å². The van der Waals surface area contributed by atoms with Crippen molar-refractivity contribution in [2.75, 3.05) is 27.1 Å². The van der Waals surface area contributed by atoms with E-state index in [0.717, 1.165) is 12.8 Å². The molecule has 0 radical (unpaired) electrons. The van der Waals surface area contributed by atoms with E-state index in [1.54, 1.807) is 7.11 Å². The molecule has 0 aliphatic carbocycles. The molecule has 1 saturated heterocycles. The van der Waals surface area contributed by atoms with Crippen molar-refractivity contribution in [1.82, 2.24) is 0 Å². The summed E-state index contributed by atoms with van der Waals surface area (Å²) in [5.74, 6) is 0.685. The van der Waals surface area contributed by atoms with Gasteiger partial charge in [-0.05, 0) is 36.9 Å². The lowest BCUT2D eigenvalue weighted by Crippen LogP contribution is -2.43. The van der Waals surface area contributed by atoms with E-state index < -0.39 is 8.32 Å². The van der Waals surface area contributed by atoms with Gasteiger partial charge >= 0.3 is 0 Å². The van der Waals surface area contributed by atoms with Crippen molar-refractivity contribution < 1.29 is 23.7 Å². The second-order valence-corrected chi connectivity index (χ2v) is 13.8. The molecule has 25 heavy (non-hydrogen) atoms. The molecular formula is C19H40O5Si. The van der Waals surface area contributed by atoms with Crippen LogP contribution in [0.3, 0.4) is 0 Å². The summed E-state index contributed by atoms with van der Waals surface area (Å²) in [6.07, 6.45) is 2.34. The van der Waals surface area contributed by atoms with Crippen LogP contribution in [0.2, 0.25) is 18.1 Å². The molecule has 0 aromatic rings. The second kappa shape index (κ2) is 9.81. The second-order valence-electron chi connectivity index (χ2n) is 9.04. The first-order valence-electron chi connectivity index (χ1n) is 9.54. The maximum absolute atomic E-state index is 9.09. The van der Waals surface area contributed by atoms with E-state index in [-0.39, 0.29) is 30.0 Å². The molecule has 1 aliphatic rings. The Bertz CT molecular complexity index is 383. The normalized spacial score (nSPS) is 24.8. The minimum Gasteiger partial charge on any atom is -0.416 e. The minimum atomic E-state index is -1.75. The van der Waals surface area contributed by atoms with Crippen molar-refractivity contribution in [3.63, 3.8) is 0 Å². The SMILES string of the molecule is COCO[C@H]([C@H](C)CC[C@@H]1O[C@H]1CO)[C@H](C)CO[Si](C)(C)C(C)(C)C. The molecule has 6 heteroatoms. The van der Waals surface area contributed by atoms with Gasteiger partial charge in [0.15, 0.2) is 8.32 Å². The highest BCUT2D eigenvalue weighted by Gasteiger charge is 2.40. The summed E-state index contributed by atoms with van der Waals surface area (Å²) >= 11 is 0. The smallest absolute Gasteiger partial charge is 0.191 e. The molecule has 0 aromatic heterocycles. The molecule has 0 amide bonds. The molecule has 1 aliphatic heterocycles. The molecule has 150 valence electrons. The standard InChI is InChI=1S/C19H40O5Si/c1-14(9-10-16-17(11-20)24-16)18(22-13-21-6)15(2)12-23-25(7,8)19(3,4)5/h14-18,20H,9-13H2,1-8H3/t14-,15-,16+,17+,18-/m1/s1. The highest BCUT2D eigenvalue weighted by Crippen LogP contribution is 2.37. The van der Waals surface area contributed by atoms with Gasteiger partial charge in [0.1, 0.15) is 12.9 Å². The molecular weight excluding hydrogens is 336 g/mol. The summed E-state index contributed by atoms with van der Waals surface area (Å²) in [7, 11) is -0.0994. The number of epoxide rings is 1. The Morgan fingerprint density at radius 1 is 1.12 bits per heavy atom. The van der Waals surface area contributed by atoms with Gasteiger partial charge in [0.25, 0.3) is 0 Å². The summed E-state index contributed by atoms with van der Waals surface area (Å²) < 4.78 is 23.0. The van der Waals surface area contributed by atoms with Crippen LogP contribution in [0.4, 0.5) is 0 Å². The molecule has 0 bridgehead atoms. The average molecular weight is 377 g/mol. The number of aliphatic hydroxyl groups excluding tert-OH is 1. The number of rotatable bonds is 12. The zero-order chi connectivity index (χ0) is 19.3. The zero-order valence-electron chi connectivity index (χ0n) is 17.5. The van der Waals surface area contributed by atoms with Gasteiger partial charge in [-0.2, -0.15) is 0 Å². The summed E-state index contributed by atoms with van der Waals surface area (Å²) in [6, 6.07) is 0. The van der Waals surface area contributed by atoms with Crippen molar-refractivity contribution in [1.29, 1.82) is 0 Å². The molecule has 1 fully saturated rings. The Morgan fingerprint density at radius 3 is 2.24 bits per heavy atom. The number of aliphatic hydroxyl groups is 1. The van der Waals surface area contributed by atoms with Crippen LogP contribution in [0.15, 0.2) is 0 Å². The number of ether oxygens (including phenoxy) is 3. The zero-order valence-corrected chi connectivity index (χ0v) is 18.5. The van der Waals surface area contributed by atoms with Crippen molar-refractivity contribution in [2.24, 2.45) is 11.8 Å². The highest BCUT2D eigenvalue weighted by atomic mass is 28.4. The molecule has 1 rings (SSSR count).